The van der Waals surface area contributed by atoms with Gasteiger partial charge < -0.3 is 15.0 Å². The number of pyridine rings is 1. The summed E-state index contributed by atoms with van der Waals surface area (Å²) in [6, 6.07) is 7.92. The highest BCUT2D eigenvalue weighted by Gasteiger charge is 2.26. The van der Waals surface area contributed by atoms with Gasteiger partial charge in [-0.1, -0.05) is 6.07 Å². The number of carbonyl (C=O) groups is 2. The number of hydroxylamine groups is 1. The van der Waals surface area contributed by atoms with E-state index in [0.29, 0.717) is 18.0 Å². The highest BCUT2D eigenvalue weighted by molar-refractivity contribution is 5.94. The molecule has 3 rings (SSSR count). The van der Waals surface area contributed by atoms with Crippen LogP contribution in [-0.2, 0) is 6.54 Å². The molecule has 1 atom stereocenters. The molecule has 0 bridgehead atoms. The predicted molar refractivity (Wildman–Crippen MR) is 89.5 cm³/mol. The third-order valence-electron chi connectivity index (χ3n) is 3.96. The maximum absolute atomic E-state index is 12.6. The van der Waals surface area contributed by atoms with Gasteiger partial charge in [0.1, 0.15) is 12.4 Å². The van der Waals surface area contributed by atoms with Gasteiger partial charge in [0.2, 0.25) is 0 Å². The van der Waals surface area contributed by atoms with Crippen molar-refractivity contribution in [1.82, 2.24) is 15.4 Å². The molecule has 3 N–H and O–H groups in total. The summed E-state index contributed by atoms with van der Waals surface area (Å²) in [6.07, 6.45) is 3.21. The van der Waals surface area contributed by atoms with E-state index in [1.54, 1.807) is 53.1 Å². The normalized spacial score (nSPS) is 16.2. The van der Waals surface area contributed by atoms with Crippen molar-refractivity contribution < 1.29 is 19.5 Å². The minimum atomic E-state index is -0.616. The summed E-state index contributed by atoms with van der Waals surface area (Å²) in [5.41, 5.74) is 3.26. The molecule has 0 saturated heterocycles. The van der Waals surface area contributed by atoms with Crippen LogP contribution in [-0.4, -0.2) is 39.7 Å². The lowest BCUT2D eigenvalue weighted by atomic mass is 10.1. The number of amides is 3. The molecule has 0 fully saturated rings. The zero-order chi connectivity index (χ0) is 17.8. The summed E-state index contributed by atoms with van der Waals surface area (Å²) in [7, 11) is 0. The first-order valence-corrected chi connectivity index (χ1v) is 7.76. The minimum Gasteiger partial charge on any atom is -0.491 e. The molecule has 130 valence electrons. The van der Waals surface area contributed by atoms with Crippen molar-refractivity contribution in [2.45, 2.75) is 19.5 Å². The number of carbonyl (C=O) groups excluding carboxylic acids is 2. The first kappa shape index (κ1) is 16.7. The molecular formula is C17H18N4O4. The lowest BCUT2D eigenvalue weighted by Gasteiger charge is -2.26. The average molecular weight is 342 g/mol. The monoisotopic (exact) mass is 342 g/mol. The average Bonchev–Trinajstić information content (AvgIpc) is 2.80. The topological polar surface area (TPSA) is 104 Å². The van der Waals surface area contributed by atoms with Gasteiger partial charge in [-0.05, 0) is 31.2 Å². The van der Waals surface area contributed by atoms with E-state index < -0.39 is 5.91 Å². The van der Waals surface area contributed by atoms with Crippen molar-refractivity contribution in [3.05, 3.63) is 53.9 Å². The maximum Gasteiger partial charge on any atom is 0.322 e. The van der Waals surface area contributed by atoms with E-state index in [4.69, 9.17) is 9.94 Å². The third kappa shape index (κ3) is 3.69. The Morgan fingerprint density at radius 3 is 2.92 bits per heavy atom. The van der Waals surface area contributed by atoms with E-state index >= 15 is 0 Å². The lowest BCUT2D eigenvalue weighted by Crippen LogP contribution is -2.42. The van der Waals surface area contributed by atoms with E-state index in [-0.39, 0.29) is 24.2 Å². The Morgan fingerprint density at radius 2 is 2.20 bits per heavy atom. The fraction of sp³-hybridized carbons (Fsp3) is 0.235. The molecule has 1 aliphatic heterocycles. The van der Waals surface area contributed by atoms with Crippen LogP contribution >= 0.6 is 0 Å². The van der Waals surface area contributed by atoms with E-state index in [9.17, 15) is 9.59 Å². The van der Waals surface area contributed by atoms with Crippen LogP contribution in [0.4, 0.5) is 10.5 Å². The first-order valence-electron chi connectivity index (χ1n) is 7.76. The number of fused-ring (bicyclic) bond motifs is 1. The van der Waals surface area contributed by atoms with Crippen molar-refractivity contribution in [2.75, 3.05) is 11.9 Å². The Bertz CT molecular complexity index is 781. The van der Waals surface area contributed by atoms with Crippen molar-refractivity contribution >= 4 is 17.6 Å². The van der Waals surface area contributed by atoms with Crippen molar-refractivity contribution in [3.8, 4) is 5.75 Å². The van der Waals surface area contributed by atoms with Gasteiger partial charge in [0.25, 0.3) is 5.91 Å². The molecule has 2 aromatic rings. The molecular weight excluding hydrogens is 324 g/mol. The number of rotatable bonds is 2. The molecule has 0 spiro atoms. The third-order valence-corrected chi connectivity index (χ3v) is 3.96. The van der Waals surface area contributed by atoms with Crippen LogP contribution in [0.1, 0.15) is 22.8 Å². The number of aromatic nitrogens is 1. The van der Waals surface area contributed by atoms with Crippen LogP contribution in [0, 0.1) is 0 Å². The molecule has 3 amide bonds. The van der Waals surface area contributed by atoms with Crippen molar-refractivity contribution in [2.24, 2.45) is 0 Å². The standard InChI is InChI=1S/C17H18N4O4/c1-11-10-25-15-7-12(16(22)20-24)4-5-13(15)9-21(11)17(23)19-14-3-2-6-18-8-14/h2-8,11,24H,9-10H2,1H3,(H,19,23)(H,20,22). The second-order valence-electron chi connectivity index (χ2n) is 5.72. The van der Waals surface area contributed by atoms with Gasteiger partial charge in [-0.2, -0.15) is 0 Å². The molecule has 25 heavy (non-hydrogen) atoms. The van der Waals surface area contributed by atoms with E-state index in [0.717, 1.165) is 5.56 Å². The van der Waals surface area contributed by atoms with Gasteiger partial charge >= 0.3 is 6.03 Å². The SMILES string of the molecule is CC1COc2cc(C(=O)NO)ccc2CN1C(=O)Nc1cccnc1. The summed E-state index contributed by atoms with van der Waals surface area (Å²) < 4.78 is 5.73. The molecule has 1 aromatic heterocycles. The number of ether oxygens (including phenoxy) is 1. The molecule has 2 heterocycles. The van der Waals surface area contributed by atoms with E-state index in [1.165, 1.54) is 0 Å². The Labute approximate surface area is 144 Å². The first-order chi connectivity index (χ1) is 12.1. The number of hydrogen-bond donors (Lipinski definition) is 3. The van der Waals surface area contributed by atoms with Gasteiger partial charge in [0.05, 0.1) is 24.5 Å². The fourth-order valence-corrected chi connectivity index (χ4v) is 2.57. The molecule has 0 radical (unpaired) electrons. The van der Waals surface area contributed by atoms with Crippen molar-refractivity contribution in [1.29, 1.82) is 0 Å². The highest BCUT2D eigenvalue weighted by atomic mass is 16.5. The zero-order valence-electron chi connectivity index (χ0n) is 13.6. The zero-order valence-corrected chi connectivity index (χ0v) is 13.6. The molecule has 8 nitrogen and oxygen atoms in total. The van der Waals surface area contributed by atoms with E-state index in [2.05, 4.69) is 10.3 Å². The Hall–Kier alpha value is -3.13. The summed E-state index contributed by atoms with van der Waals surface area (Å²) in [5.74, 6) is -0.0977. The predicted octanol–water partition coefficient (Wildman–Crippen LogP) is 2.02. The quantitative estimate of drug-likeness (QED) is 0.572. The van der Waals surface area contributed by atoms with Crippen LogP contribution < -0.4 is 15.5 Å². The van der Waals surface area contributed by atoms with E-state index in [1.807, 2.05) is 6.92 Å². The van der Waals surface area contributed by atoms with Crippen LogP contribution in [0.25, 0.3) is 0 Å². The molecule has 1 aliphatic rings. The van der Waals surface area contributed by atoms with Crippen LogP contribution in [0.5, 0.6) is 5.75 Å². The largest absolute Gasteiger partial charge is 0.491 e. The number of nitrogens with one attached hydrogen (secondary N) is 2. The summed E-state index contributed by atoms with van der Waals surface area (Å²) in [4.78, 5) is 29.8. The second kappa shape index (κ2) is 7.18. The van der Waals surface area contributed by atoms with Gasteiger partial charge in [-0.25, -0.2) is 10.3 Å². The summed E-state index contributed by atoms with van der Waals surface area (Å²) >= 11 is 0. The lowest BCUT2D eigenvalue weighted by molar-refractivity contribution is 0.0706. The van der Waals surface area contributed by atoms with Gasteiger partial charge in [0, 0.05) is 17.3 Å². The molecule has 8 heteroatoms. The van der Waals surface area contributed by atoms with Crippen LogP contribution in [0.2, 0.25) is 0 Å². The number of nitrogens with zero attached hydrogens (tertiary/aromatic N) is 2. The summed E-state index contributed by atoms with van der Waals surface area (Å²) in [5, 5.41) is 11.5. The van der Waals surface area contributed by atoms with Gasteiger partial charge in [-0.15, -0.1) is 0 Å². The number of hydrogen-bond acceptors (Lipinski definition) is 5. The number of benzene rings is 1. The molecule has 1 unspecified atom stereocenters. The summed E-state index contributed by atoms with van der Waals surface area (Å²) in [6.45, 7) is 2.51. The van der Waals surface area contributed by atoms with Crippen LogP contribution in [0.3, 0.4) is 0 Å². The number of urea groups is 1. The Morgan fingerprint density at radius 1 is 1.36 bits per heavy atom. The molecule has 1 aromatic carbocycles. The Kier molecular flexibility index (Phi) is 4.80. The molecule has 0 saturated carbocycles. The van der Waals surface area contributed by atoms with Crippen LogP contribution in [0.15, 0.2) is 42.7 Å². The minimum absolute atomic E-state index is 0.167. The Balaban J connectivity index is 1.80. The van der Waals surface area contributed by atoms with Gasteiger partial charge in [0.15, 0.2) is 0 Å². The van der Waals surface area contributed by atoms with Gasteiger partial charge in [-0.3, -0.25) is 15.0 Å². The second-order valence-corrected chi connectivity index (χ2v) is 5.72. The highest BCUT2D eigenvalue weighted by Crippen LogP contribution is 2.27. The smallest absolute Gasteiger partial charge is 0.322 e. The molecule has 0 aliphatic carbocycles. The van der Waals surface area contributed by atoms with Crippen molar-refractivity contribution in [3.63, 3.8) is 0 Å². The fourth-order valence-electron chi connectivity index (χ4n) is 2.57. The maximum atomic E-state index is 12.6. The number of anilines is 1.